The van der Waals surface area contributed by atoms with E-state index in [2.05, 4.69) is 20.6 Å². The van der Waals surface area contributed by atoms with Crippen molar-refractivity contribution < 1.29 is 18.3 Å². The Morgan fingerprint density at radius 3 is 2.05 bits per heavy atom. The Kier molecular flexibility index (Phi) is 9.56. The highest BCUT2D eigenvalue weighted by molar-refractivity contribution is 7.91. The number of nitrogens with one attached hydrogen (secondary N) is 2. The minimum absolute atomic E-state index is 0.177. The first-order valence-corrected chi connectivity index (χ1v) is 15.6. The lowest BCUT2D eigenvalue weighted by molar-refractivity contribution is -0.115. The molecule has 3 atom stereocenters. The van der Waals surface area contributed by atoms with Crippen molar-refractivity contribution in [2.75, 3.05) is 16.4 Å². The maximum atomic E-state index is 13.1. The SMILES string of the molecule is O=C(CCS(=O)(=O)c1ccccc1)Nc1ccccc1[C@@H](Nc1ccccn1)[C@H](c1ccccn1)[C@H](O)c1ccccc1. The Hall–Kier alpha value is -4.86. The summed E-state index contributed by atoms with van der Waals surface area (Å²) in [5.41, 5.74) is 2.51. The van der Waals surface area contributed by atoms with Crippen LogP contribution in [0.5, 0.6) is 0 Å². The van der Waals surface area contributed by atoms with E-state index < -0.39 is 33.8 Å². The third-order valence-electron chi connectivity index (χ3n) is 7.11. The monoisotopic (exact) mass is 592 g/mol. The number of nitrogens with zero attached hydrogens (tertiary/aromatic N) is 2. The first-order valence-electron chi connectivity index (χ1n) is 13.9. The summed E-state index contributed by atoms with van der Waals surface area (Å²) in [4.78, 5) is 22.4. The van der Waals surface area contributed by atoms with Gasteiger partial charge in [-0.3, -0.25) is 9.78 Å². The van der Waals surface area contributed by atoms with E-state index in [1.807, 2.05) is 78.9 Å². The Morgan fingerprint density at radius 1 is 0.744 bits per heavy atom. The molecule has 0 saturated carbocycles. The van der Waals surface area contributed by atoms with Crippen molar-refractivity contribution in [3.63, 3.8) is 0 Å². The van der Waals surface area contributed by atoms with Crippen LogP contribution in [-0.2, 0) is 14.6 Å². The second-order valence-electron chi connectivity index (χ2n) is 9.99. The predicted molar refractivity (Wildman–Crippen MR) is 167 cm³/mol. The third kappa shape index (κ3) is 7.51. The Bertz CT molecular complexity index is 1720. The van der Waals surface area contributed by atoms with E-state index in [4.69, 9.17) is 0 Å². The van der Waals surface area contributed by atoms with Gasteiger partial charge in [0, 0.05) is 30.2 Å². The first-order chi connectivity index (χ1) is 20.9. The van der Waals surface area contributed by atoms with Crippen LogP contribution in [0.4, 0.5) is 11.5 Å². The molecule has 43 heavy (non-hydrogen) atoms. The topological polar surface area (TPSA) is 121 Å². The lowest BCUT2D eigenvalue weighted by atomic mass is 9.82. The van der Waals surface area contributed by atoms with Crippen LogP contribution in [0.2, 0.25) is 0 Å². The van der Waals surface area contributed by atoms with Gasteiger partial charge in [-0.05, 0) is 53.6 Å². The molecule has 3 N–H and O–H groups in total. The van der Waals surface area contributed by atoms with E-state index in [1.165, 1.54) is 12.1 Å². The molecule has 218 valence electrons. The van der Waals surface area contributed by atoms with Crippen molar-refractivity contribution in [2.45, 2.75) is 29.4 Å². The number of carbonyl (C=O) groups is 1. The van der Waals surface area contributed by atoms with Crippen molar-refractivity contribution in [2.24, 2.45) is 0 Å². The summed E-state index contributed by atoms with van der Waals surface area (Å²) >= 11 is 0. The van der Waals surface area contributed by atoms with Crippen molar-refractivity contribution in [3.05, 3.63) is 151 Å². The van der Waals surface area contributed by atoms with Crippen LogP contribution >= 0.6 is 0 Å². The highest BCUT2D eigenvalue weighted by Gasteiger charge is 2.35. The number of aliphatic hydroxyl groups excluding tert-OH is 1. The number of benzene rings is 3. The van der Waals surface area contributed by atoms with Crippen molar-refractivity contribution in [3.8, 4) is 0 Å². The molecule has 8 nitrogen and oxygen atoms in total. The molecule has 5 rings (SSSR count). The summed E-state index contributed by atoms with van der Waals surface area (Å²) in [5.74, 6) is -0.809. The number of hydrogen-bond acceptors (Lipinski definition) is 7. The maximum Gasteiger partial charge on any atom is 0.225 e. The summed E-state index contributed by atoms with van der Waals surface area (Å²) in [6.45, 7) is 0. The molecule has 0 fully saturated rings. The van der Waals surface area contributed by atoms with Gasteiger partial charge in [-0.25, -0.2) is 13.4 Å². The standard InChI is InChI=1S/C34H32N4O4S/c39-31(21-24-43(41,42)26-15-5-2-6-16-26)37-28-18-8-7-17-27(28)33(38-30-20-10-12-23-36-30)32(29-19-9-11-22-35-29)34(40)25-13-3-1-4-14-25/h1-20,22-23,32-34,40H,21,24H2,(H,36,38)(H,37,39)/t32-,33+,34+/m0/s1. The number of anilines is 2. The number of para-hydroxylation sites is 1. The van der Waals surface area contributed by atoms with Crippen LogP contribution in [0.15, 0.2) is 139 Å². The number of amides is 1. The average Bonchev–Trinajstić information content (AvgIpc) is 3.05. The van der Waals surface area contributed by atoms with E-state index in [0.717, 1.165) is 0 Å². The van der Waals surface area contributed by atoms with Gasteiger partial charge in [0.15, 0.2) is 9.84 Å². The van der Waals surface area contributed by atoms with E-state index in [9.17, 15) is 18.3 Å². The zero-order valence-electron chi connectivity index (χ0n) is 23.3. The first kappa shape index (κ1) is 29.6. The van der Waals surface area contributed by atoms with Crippen LogP contribution in [0.25, 0.3) is 0 Å². The zero-order valence-corrected chi connectivity index (χ0v) is 24.1. The lowest BCUT2D eigenvalue weighted by Gasteiger charge is -2.33. The Balaban J connectivity index is 1.50. The summed E-state index contributed by atoms with van der Waals surface area (Å²) in [7, 11) is -3.63. The summed E-state index contributed by atoms with van der Waals surface area (Å²) in [6, 6.07) is 35.1. The summed E-state index contributed by atoms with van der Waals surface area (Å²) in [5, 5.41) is 18.2. The molecule has 0 spiro atoms. The quantitative estimate of drug-likeness (QED) is 0.164. The fourth-order valence-electron chi connectivity index (χ4n) is 4.98. The van der Waals surface area contributed by atoms with Crippen LogP contribution in [0.3, 0.4) is 0 Å². The van der Waals surface area contributed by atoms with Crippen LogP contribution in [0, 0.1) is 0 Å². The molecule has 0 aliphatic rings. The normalized spacial score (nSPS) is 13.4. The largest absolute Gasteiger partial charge is 0.388 e. The molecule has 2 heterocycles. The van der Waals surface area contributed by atoms with E-state index in [0.29, 0.717) is 28.3 Å². The maximum absolute atomic E-state index is 13.1. The molecule has 0 unspecified atom stereocenters. The molecule has 3 aromatic carbocycles. The van der Waals surface area contributed by atoms with Gasteiger partial charge in [-0.2, -0.15) is 0 Å². The molecule has 1 amide bonds. The lowest BCUT2D eigenvalue weighted by Crippen LogP contribution is -2.27. The second-order valence-corrected chi connectivity index (χ2v) is 12.1. The number of carbonyl (C=O) groups excluding carboxylic acids is 1. The molecule has 0 aliphatic carbocycles. The second kappa shape index (κ2) is 13.9. The molecule has 9 heteroatoms. The van der Waals surface area contributed by atoms with Gasteiger partial charge in [-0.15, -0.1) is 0 Å². The number of hydrogen-bond donors (Lipinski definition) is 3. The number of sulfone groups is 1. The van der Waals surface area contributed by atoms with Gasteiger partial charge in [0.2, 0.25) is 5.91 Å². The fraction of sp³-hybridized carbons (Fsp3) is 0.147. The molecule has 2 aromatic heterocycles. The molecular formula is C34H32N4O4S. The molecule has 5 aromatic rings. The fourth-order valence-corrected chi connectivity index (χ4v) is 6.24. The third-order valence-corrected chi connectivity index (χ3v) is 8.84. The predicted octanol–water partition coefficient (Wildman–Crippen LogP) is 5.95. The molecule has 0 radical (unpaired) electrons. The van der Waals surface area contributed by atoms with Crippen LogP contribution < -0.4 is 10.6 Å². The van der Waals surface area contributed by atoms with E-state index >= 15 is 0 Å². The average molecular weight is 593 g/mol. The van der Waals surface area contributed by atoms with Gasteiger partial charge >= 0.3 is 0 Å². The molecule has 0 bridgehead atoms. The van der Waals surface area contributed by atoms with E-state index in [-0.39, 0.29) is 17.1 Å². The minimum Gasteiger partial charge on any atom is -0.388 e. The van der Waals surface area contributed by atoms with Crippen LogP contribution in [0.1, 0.15) is 41.3 Å². The molecule has 0 aliphatic heterocycles. The molecule has 0 saturated heterocycles. The summed E-state index contributed by atoms with van der Waals surface area (Å²) < 4.78 is 25.6. The smallest absolute Gasteiger partial charge is 0.225 e. The Labute approximate surface area is 251 Å². The van der Waals surface area contributed by atoms with Gasteiger partial charge in [0.25, 0.3) is 0 Å². The van der Waals surface area contributed by atoms with Gasteiger partial charge in [-0.1, -0.05) is 78.9 Å². The van der Waals surface area contributed by atoms with Gasteiger partial charge in [0.05, 0.1) is 28.7 Å². The van der Waals surface area contributed by atoms with Crippen LogP contribution in [-0.4, -0.2) is 35.2 Å². The minimum atomic E-state index is -3.63. The van der Waals surface area contributed by atoms with Gasteiger partial charge < -0.3 is 15.7 Å². The summed E-state index contributed by atoms with van der Waals surface area (Å²) in [6.07, 6.45) is 2.15. The molecular weight excluding hydrogens is 560 g/mol. The van der Waals surface area contributed by atoms with E-state index in [1.54, 1.807) is 42.7 Å². The van der Waals surface area contributed by atoms with Gasteiger partial charge in [0.1, 0.15) is 5.82 Å². The zero-order chi connectivity index (χ0) is 30.1. The highest BCUT2D eigenvalue weighted by atomic mass is 32.2. The van der Waals surface area contributed by atoms with Crippen molar-refractivity contribution in [1.29, 1.82) is 0 Å². The number of aliphatic hydroxyl groups is 1. The van der Waals surface area contributed by atoms with Crippen molar-refractivity contribution in [1.82, 2.24) is 9.97 Å². The number of pyridine rings is 2. The Morgan fingerprint density at radius 2 is 1.37 bits per heavy atom. The highest BCUT2D eigenvalue weighted by Crippen LogP contribution is 2.43. The number of rotatable bonds is 12. The van der Waals surface area contributed by atoms with Crippen molar-refractivity contribution >= 4 is 27.2 Å². The number of aromatic nitrogens is 2.